The van der Waals surface area contributed by atoms with Gasteiger partial charge >= 0.3 is 6.18 Å². The zero-order valence-corrected chi connectivity index (χ0v) is 26.6. The summed E-state index contributed by atoms with van der Waals surface area (Å²) in [5.41, 5.74) is 5.83. The van der Waals surface area contributed by atoms with Crippen LogP contribution in [0.1, 0.15) is 16.7 Å². The van der Waals surface area contributed by atoms with Crippen LogP contribution in [-0.2, 0) is 6.18 Å². The molecule has 242 valence electrons. The first-order valence-electron chi connectivity index (χ1n) is 15.9. The van der Waals surface area contributed by atoms with Gasteiger partial charge in [-0.1, -0.05) is 78.9 Å². The molecule has 0 unspecified atom stereocenters. The van der Waals surface area contributed by atoms with Gasteiger partial charge in [0.25, 0.3) is 0 Å². The van der Waals surface area contributed by atoms with Gasteiger partial charge < -0.3 is 4.57 Å². The molecular weight excluding hydrogens is 645 g/mol. The first kappa shape index (κ1) is 31.2. The van der Waals surface area contributed by atoms with Crippen molar-refractivity contribution in [3.63, 3.8) is 0 Å². The van der Waals surface area contributed by atoms with Crippen LogP contribution >= 0.6 is 0 Å². The van der Waals surface area contributed by atoms with Gasteiger partial charge in [0.1, 0.15) is 0 Å². The van der Waals surface area contributed by atoms with E-state index in [1.165, 1.54) is 12.1 Å². The van der Waals surface area contributed by atoms with Crippen LogP contribution in [0.3, 0.4) is 0 Å². The molecule has 0 radical (unpaired) electrons. The third-order valence-corrected chi connectivity index (χ3v) is 8.75. The highest BCUT2D eigenvalue weighted by Gasteiger charge is 2.30. The largest absolute Gasteiger partial charge is 0.416 e. The second kappa shape index (κ2) is 12.4. The number of halogens is 3. The number of nitrogens with zero attached hydrogens (tertiary/aromatic N) is 6. The lowest BCUT2D eigenvalue weighted by molar-refractivity contribution is -0.137. The lowest BCUT2D eigenvalue weighted by Crippen LogP contribution is -2.04. The van der Waals surface area contributed by atoms with Crippen molar-refractivity contribution in [1.82, 2.24) is 19.5 Å². The smallest absolute Gasteiger partial charge is 0.309 e. The van der Waals surface area contributed by atoms with E-state index in [0.717, 1.165) is 50.8 Å². The molecule has 6 aromatic carbocycles. The molecule has 0 aliphatic carbocycles. The van der Waals surface area contributed by atoms with Crippen molar-refractivity contribution in [2.75, 3.05) is 0 Å². The highest BCUT2D eigenvalue weighted by atomic mass is 19.4. The van der Waals surface area contributed by atoms with Crippen LogP contribution in [0, 0.1) is 22.7 Å². The van der Waals surface area contributed by atoms with Crippen LogP contribution in [0.25, 0.3) is 72.8 Å². The van der Waals surface area contributed by atoms with Crippen molar-refractivity contribution in [2.24, 2.45) is 0 Å². The Balaban J connectivity index is 1.42. The van der Waals surface area contributed by atoms with E-state index >= 15 is 0 Å². The SMILES string of the molecule is N#Cc1ccc2c(c1)c1cc(C#N)ccc1n2-c1ccc(-c2ccc(C(F)(F)F)cc2)c(-c2nc(-c3ccccc3)nc(-c3ccccc3)n2)c1. The normalized spacial score (nSPS) is 11.4. The Bertz CT molecular complexity index is 2560. The summed E-state index contributed by atoms with van der Waals surface area (Å²) in [5, 5.41) is 20.9. The maximum atomic E-state index is 13.6. The summed E-state index contributed by atoms with van der Waals surface area (Å²) in [4.78, 5) is 14.7. The highest BCUT2D eigenvalue weighted by molar-refractivity contribution is 6.10. The molecule has 0 atom stereocenters. The maximum absolute atomic E-state index is 13.6. The molecule has 0 fully saturated rings. The van der Waals surface area contributed by atoms with Gasteiger partial charge in [0.05, 0.1) is 39.9 Å². The molecule has 0 aliphatic heterocycles. The zero-order valence-electron chi connectivity index (χ0n) is 26.6. The quantitative estimate of drug-likeness (QED) is 0.182. The van der Waals surface area contributed by atoms with Crippen LogP contribution in [0.2, 0.25) is 0 Å². The molecule has 2 heterocycles. The lowest BCUT2D eigenvalue weighted by Gasteiger charge is -2.16. The predicted molar refractivity (Wildman–Crippen MR) is 190 cm³/mol. The Hall–Kier alpha value is -7.10. The molecule has 0 spiro atoms. The zero-order chi connectivity index (χ0) is 35.1. The van der Waals surface area contributed by atoms with Gasteiger partial charge in [-0.3, -0.25) is 0 Å². The number of aromatic nitrogens is 4. The van der Waals surface area contributed by atoms with Gasteiger partial charge in [0, 0.05) is 33.2 Å². The van der Waals surface area contributed by atoms with Crippen LogP contribution in [0.4, 0.5) is 13.2 Å². The van der Waals surface area contributed by atoms with Gasteiger partial charge in [-0.15, -0.1) is 0 Å². The third-order valence-electron chi connectivity index (χ3n) is 8.75. The summed E-state index contributed by atoms with van der Waals surface area (Å²) < 4.78 is 42.8. The Morgan fingerprint density at radius 3 is 1.49 bits per heavy atom. The summed E-state index contributed by atoms with van der Waals surface area (Å²) in [7, 11) is 0. The van der Waals surface area contributed by atoms with E-state index < -0.39 is 11.7 Å². The molecular formula is C42H23F3N6. The molecule has 0 amide bonds. The summed E-state index contributed by atoms with van der Waals surface area (Å²) >= 11 is 0. The van der Waals surface area contributed by atoms with Crippen molar-refractivity contribution >= 4 is 21.8 Å². The van der Waals surface area contributed by atoms with Gasteiger partial charge in [0.15, 0.2) is 17.5 Å². The number of benzene rings is 6. The van der Waals surface area contributed by atoms with Crippen molar-refractivity contribution in [3.8, 4) is 63.1 Å². The van der Waals surface area contributed by atoms with E-state index in [1.807, 2.05) is 95.6 Å². The number of alkyl halides is 3. The molecule has 0 saturated heterocycles. The average Bonchev–Trinajstić information content (AvgIpc) is 3.50. The second-order valence-electron chi connectivity index (χ2n) is 11.9. The fourth-order valence-corrected chi connectivity index (χ4v) is 6.32. The maximum Gasteiger partial charge on any atom is 0.416 e. The fourth-order valence-electron chi connectivity index (χ4n) is 6.32. The Morgan fingerprint density at radius 1 is 0.490 bits per heavy atom. The van der Waals surface area contributed by atoms with Gasteiger partial charge in [-0.05, 0) is 71.8 Å². The van der Waals surface area contributed by atoms with E-state index in [9.17, 15) is 23.7 Å². The molecule has 6 nitrogen and oxygen atoms in total. The molecule has 8 rings (SSSR count). The number of nitriles is 2. The van der Waals surface area contributed by atoms with Gasteiger partial charge in [0.2, 0.25) is 0 Å². The first-order valence-corrected chi connectivity index (χ1v) is 15.9. The average molecular weight is 669 g/mol. The molecule has 2 aromatic heterocycles. The van der Waals surface area contributed by atoms with Crippen LogP contribution in [0.5, 0.6) is 0 Å². The van der Waals surface area contributed by atoms with E-state index in [1.54, 1.807) is 24.3 Å². The monoisotopic (exact) mass is 668 g/mol. The topological polar surface area (TPSA) is 91.2 Å². The summed E-state index contributed by atoms with van der Waals surface area (Å²) in [5.74, 6) is 1.21. The Kier molecular flexibility index (Phi) is 7.59. The number of fused-ring (bicyclic) bond motifs is 3. The Labute approximate surface area is 290 Å². The standard InChI is InChI=1S/C42H23F3N6/c43-42(44,45)31-15-13-28(14-16-31)33-18-17-32(51-37-19-11-26(24-46)21-34(37)35-22-27(25-47)12-20-38(35)51)23-36(33)41-49-39(29-7-3-1-4-8-29)48-40(50-41)30-9-5-2-6-10-30/h1-23H. The van der Waals surface area contributed by atoms with Crippen LogP contribution in [-0.4, -0.2) is 19.5 Å². The van der Waals surface area contributed by atoms with Crippen LogP contribution in [0.15, 0.2) is 140 Å². The molecule has 51 heavy (non-hydrogen) atoms. The van der Waals surface area contributed by atoms with Gasteiger partial charge in [-0.25, -0.2) is 15.0 Å². The number of rotatable bonds is 5. The predicted octanol–water partition coefficient (Wildman–Crippen LogP) is 10.4. The van der Waals surface area contributed by atoms with E-state index in [-0.39, 0.29) is 0 Å². The van der Waals surface area contributed by atoms with Crippen molar-refractivity contribution in [1.29, 1.82) is 10.5 Å². The van der Waals surface area contributed by atoms with Gasteiger partial charge in [-0.2, -0.15) is 23.7 Å². The number of hydrogen-bond acceptors (Lipinski definition) is 5. The summed E-state index contributed by atoms with van der Waals surface area (Å²) in [6.45, 7) is 0. The molecule has 0 bridgehead atoms. The summed E-state index contributed by atoms with van der Waals surface area (Å²) in [6, 6.07) is 44.9. The minimum Gasteiger partial charge on any atom is -0.309 e. The second-order valence-corrected chi connectivity index (χ2v) is 11.9. The van der Waals surface area contributed by atoms with Crippen LogP contribution < -0.4 is 0 Å². The van der Waals surface area contributed by atoms with Crippen molar-refractivity contribution in [3.05, 3.63) is 156 Å². The Morgan fingerprint density at radius 2 is 1.00 bits per heavy atom. The lowest BCUT2D eigenvalue weighted by atomic mass is 9.97. The third kappa shape index (κ3) is 5.73. The minimum atomic E-state index is -4.48. The fraction of sp³-hybridized carbons (Fsp3) is 0.0238. The molecule has 0 saturated carbocycles. The minimum absolute atomic E-state index is 0.332. The van der Waals surface area contributed by atoms with E-state index in [0.29, 0.717) is 45.3 Å². The van der Waals surface area contributed by atoms with Crippen molar-refractivity contribution in [2.45, 2.75) is 6.18 Å². The highest BCUT2D eigenvalue weighted by Crippen LogP contribution is 2.39. The molecule has 8 aromatic rings. The van der Waals surface area contributed by atoms with Crippen molar-refractivity contribution < 1.29 is 13.2 Å². The first-order chi connectivity index (χ1) is 24.8. The van der Waals surface area contributed by atoms with E-state index in [2.05, 4.69) is 12.1 Å². The molecule has 0 aliphatic rings. The molecule has 9 heteroatoms. The van der Waals surface area contributed by atoms with E-state index in [4.69, 9.17) is 15.0 Å². The molecule has 0 N–H and O–H groups in total. The number of hydrogen-bond donors (Lipinski definition) is 0. The summed E-state index contributed by atoms with van der Waals surface area (Å²) in [6.07, 6.45) is -4.48.